The van der Waals surface area contributed by atoms with Crippen LogP contribution in [0.25, 0.3) is 0 Å². The van der Waals surface area contributed by atoms with Crippen LogP contribution in [0.15, 0.2) is 59.8 Å². The molecule has 2 rings (SSSR count). The lowest BCUT2D eigenvalue weighted by Crippen LogP contribution is -2.40. The van der Waals surface area contributed by atoms with Crippen molar-refractivity contribution in [3.63, 3.8) is 0 Å². The lowest BCUT2D eigenvalue weighted by atomic mass is 10.2. The Morgan fingerprint density at radius 2 is 1.82 bits per heavy atom. The molecule has 0 radical (unpaired) electrons. The van der Waals surface area contributed by atoms with Crippen molar-refractivity contribution in [3.8, 4) is 0 Å². The molecule has 0 aliphatic rings. The minimum Gasteiger partial charge on any atom is -0.481 e. The number of hydrogen-bond donors (Lipinski definition) is 1. The van der Waals surface area contributed by atoms with Crippen molar-refractivity contribution in [2.75, 3.05) is 4.31 Å². The van der Waals surface area contributed by atoms with Gasteiger partial charge < -0.3 is 5.11 Å². The molecule has 6 nitrogen and oxygen atoms in total. The molecule has 1 aromatic carbocycles. The summed E-state index contributed by atoms with van der Waals surface area (Å²) >= 11 is 0. The highest BCUT2D eigenvalue weighted by Crippen LogP contribution is 2.26. The number of pyridine rings is 1. The van der Waals surface area contributed by atoms with E-state index in [1.165, 1.54) is 12.3 Å². The van der Waals surface area contributed by atoms with Crippen molar-refractivity contribution in [2.24, 2.45) is 0 Å². The molecule has 0 fully saturated rings. The number of hydrogen-bond acceptors (Lipinski definition) is 4. The van der Waals surface area contributed by atoms with Crippen LogP contribution < -0.4 is 4.31 Å². The summed E-state index contributed by atoms with van der Waals surface area (Å²) in [6.07, 6.45) is 1.08. The van der Waals surface area contributed by atoms with Gasteiger partial charge in [-0.15, -0.1) is 0 Å². The topological polar surface area (TPSA) is 87.6 Å². The molecule has 0 saturated carbocycles. The van der Waals surface area contributed by atoms with Crippen LogP contribution in [0.2, 0.25) is 0 Å². The summed E-state index contributed by atoms with van der Waals surface area (Å²) in [5.74, 6) is -1.07. The van der Waals surface area contributed by atoms with Crippen LogP contribution in [-0.4, -0.2) is 30.5 Å². The largest absolute Gasteiger partial charge is 0.481 e. The van der Waals surface area contributed by atoms with Gasteiger partial charge in [0, 0.05) is 6.20 Å². The first-order valence-corrected chi connectivity index (χ1v) is 8.09. The number of aromatic nitrogens is 1. The minimum absolute atomic E-state index is 0.115. The number of carboxylic acids is 1. The highest BCUT2D eigenvalue weighted by atomic mass is 32.2. The molecule has 22 heavy (non-hydrogen) atoms. The first-order chi connectivity index (χ1) is 10.4. The Labute approximate surface area is 129 Å². The minimum atomic E-state index is -3.94. The van der Waals surface area contributed by atoms with Crippen LogP contribution in [0.1, 0.15) is 13.3 Å². The van der Waals surface area contributed by atoms with Gasteiger partial charge in [0.15, 0.2) is 5.03 Å². The number of para-hydroxylation sites is 1. The average Bonchev–Trinajstić information content (AvgIpc) is 2.48. The van der Waals surface area contributed by atoms with Gasteiger partial charge in [0.25, 0.3) is 10.0 Å². The van der Waals surface area contributed by atoms with Crippen molar-refractivity contribution in [1.82, 2.24) is 4.98 Å². The molecule has 0 saturated heterocycles. The van der Waals surface area contributed by atoms with Gasteiger partial charge in [-0.05, 0) is 31.2 Å². The van der Waals surface area contributed by atoms with E-state index in [1.807, 2.05) is 0 Å². The fourth-order valence-electron chi connectivity index (χ4n) is 2.14. The van der Waals surface area contributed by atoms with Crippen LogP contribution >= 0.6 is 0 Å². The lowest BCUT2D eigenvalue weighted by molar-refractivity contribution is -0.137. The van der Waals surface area contributed by atoms with Crippen molar-refractivity contribution in [1.29, 1.82) is 0 Å². The van der Waals surface area contributed by atoms with Crippen molar-refractivity contribution >= 4 is 21.7 Å². The standard InChI is InChI=1S/C15H16N2O4S/c1-12(11-15(18)19)17(13-7-3-2-4-8-13)22(20,21)14-9-5-6-10-16-14/h2-10,12H,11H2,1H3,(H,18,19)/t12-/m0/s1. The van der Waals surface area contributed by atoms with Gasteiger partial charge in [0.1, 0.15) is 0 Å². The fourth-order valence-corrected chi connectivity index (χ4v) is 3.73. The average molecular weight is 320 g/mol. The van der Waals surface area contributed by atoms with Gasteiger partial charge in [-0.3, -0.25) is 9.10 Å². The van der Waals surface area contributed by atoms with Crippen molar-refractivity contribution < 1.29 is 18.3 Å². The molecule has 1 heterocycles. The Hall–Kier alpha value is -2.41. The number of sulfonamides is 1. The van der Waals surface area contributed by atoms with Crippen molar-refractivity contribution in [3.05, 3.63) is 54.7 Å². The Morgan fingerprint density at radius 3 is 2.36 bits per heavy atom. The fraction of sp³-hybridized carbons (Fsp3) is 0.200. The van der Waals surface area contributed by atoms with E-state index >= 15 is 0 Å². The summed E-state index contributed by atoms with van der Waals surface area (Å²) < 4.78 is 26.8. The highest BCUT2D eigenvalue weighted by molar-refractivity contribution is 7.92. The molecule has 1 N–H and O–H groups in total. The third-order valence-electron chi connectivity index (χ3n) is 3.04. The molecule has 116 valence electrons. The summed E-state index contributed by atoms with van der Waals surface area (Å²) in [6.45, 7) is 1.56. The molecule has 2 aromatic rings. The van der Waals surface area contributed by atoms with E-state index in [0.717, 1.165) is 4.31 Å². The van der Waals surface area contributed by atoms with Gasteiger partial charge in [0.05, 0.1) is 18.2 Å². The van der Waals surface area contributed by atoms with Gasteiger partial charge in [-0.2, -0.15) is 8.42 Å². The Kier molecular flexibility index (Phi) is 4.77. The van der Waals surface area contributed by atoms with Crippen LogP contribution in [-0.2, 0) is 14.8 Å². The van der Waals surface area contributed by atoms with Crippen LogP contribution in [0, 0.1) is 0 Å². The van der Waals surface area contributed by atoms with Gasteiger partial charge >= 0.3 is 5.97 Å². The molecule has 0 unspecified atom stereocenters. The Morgan fingerprint density at radius 1 is 1.18 bits per heavy atom. The summed E-state index contributed by atoms with van der Waals surface area (Å²) in [6, 6.07) is 12.2. The third kappa shape index (κ3) is 3.43. The smallest absolute Gasteiger partial charge is 0.305 e. The maximum Gasteiger partial charge on any atom is 0.305 e. The Bertz CT molecular complexity index is 733. The second-order valence-electron chi connectivity index (χ2n) is 4.75. The zero-order valence-electron chi connectivity index (χ0n) is 12.0. The number of nitrogens with zero attached hydrogens (tertiary/aromatic N) is 2. The van der Waals surface area contributed by atoms with Crippen molar-refractivity contribution in [2.45, 2.75) is 24.4 Å². The highest BCUT2D eigenvalue weighted by Gasteiger charge is 2.31. The number of aliphatic carboxylic acids is 1. The molecule has 7 heteroatoms. The van der Waals surface area contributed by atoms with E-state index in [4.69, 9.17) is 5.11 Å². The molecule has 0 amide bonds. The van der Waals surface area contributed by atoms with E-state index in [1.54, 1.807) is 49.4 Å². The zero-order valence-corrected chi connectivity index (χ0v) is 12.8. The number of carboxylic acid groups (broad SMARTS) is 1. The molecule has 0 aliphatic carbocycles. The summed E-state index contributed by atoms with van der Waals surface area (Å²) in [4.78, 5) is 14.9. The molecule has 0 aliphatic heterocycles. The van der Waals surface area contributed by atoms with E-state index in [2.05, 4.69) is 4.98 Å². The van der Waals surface area contributed by atoms with E-state index in [0.29, 0.717) is 5.69 Å². The van der Waals surface area contributed by atoms with Gasteiger partial charge in [0.2, 0.25) is 0 Å². The van der Waals surface area contributed by atoms with E-state index in [-0.39, 0.29) is 11.4 Å². The van der Waals surface area contributed by atoms with Gasteiger partial charge in [-0.25, -0.2) is 4.98 Å². The first kappa shape index (κ1) is 16.0. The quantitative estimate of drug-likeness (QED) is 0.881. The predicted octanol–water partition coefficient (Wildman–Crippen LogP) is 2.14. The van der Waals surface area contributed by atoms with Crippen LogP contribution in [0.4, 0.5) is 5.69 Å². The van der Waals surface area contributed by atoms with Gasteiger partial charge in [-0.1, -0.05) is 24.3 Å². The molecule has 0 spiro atoms. The summed E-state index contributed by atoms with van der Waals surface area (Å²) in [5, 5.41) is 8.86. The zero-order chi connectivity index (χ0) is 16.2. The number of carbonyl (C=O) groups is 1. The summed E-state index contributed by atoms with van der Waals surface area (Å²) in [7, 11) is -3.94. The maximum atomic E-state index is 12.8. The first-order valence-electron chi connectivity index (χ1n) is 6.65. The maximum absolute atomic E-state index is 12.8. The normalized spacial score (nSPS) is 12.6. The number of anilines is 1. The third-order valence-corrected chi connectivity index (χ3v) is 4.90. The molecule has 0 bridgehead atoms. The predicted molar refractivity (Wildman–Crippen MR) is 82.1 cm³/mol. The van der Waals surface area contributed by atoms with Crippen LogP contribution in [0.3, 0.4) is 0 Å². The summed E-state index contributed by atoms with van der Waals surface area (Å²) in [5.41, 5.74) is 0.405. The Balaban J connectivity index is 2.51. The monoisotopic (exact) mass is 320 g/mol. The van der Waals surface area contributed by atoms with E-state index < -0.39 is 22.0 Å². The molecule has 1 aromatic heterocycles. The lowest BCUT2D eigenvalue weighted by Gasteiger charge is -2.29. The van der Waals surface area contributed by atoms with E-state index in [9.17, 15) is 13.2 Å². The SMILES string of the molecule is C[C@@H](CC(=O)O)N(c1ccccc1)S(=O)(=O)c1ccccn1. The number of benzene rings is 1. The number of rotatable bonds is 6. The second kappa shape index (κ2) is 6.57. The van der Waals surface area contributed by atoms with Crippen LogP contribution in [0.5, 0.6) is 0 Å². The molecular formula is C15H16N2O4S. The molecular weight excluding hydrogens is 304 g/mol. The molecule has 1 atom stereocenters. The second-order valence-corrected chi connectivity index (χ2v) is 6.51.